The van der Waals surface area contributed by atoms with Crippen molar-refractivity contribution in [3.05, 3.63) is 0 Å². The van der Waals surface area contributed by atoms with Crippen molar-refractivity contribution in [1.29, 1.82) is 0 Å². The minimum atomic E-state index is -5.19. The fourth-order valence-electron chi connectivity index (χ4n) is 1.53. The molecule has 0 bridgehead atoms. The Morgan fingerprint density at radius 2 is 1.69 bits per heavy atom. The molecule has 16 heavy (non-hydrogen) atoms. The van der Waals surface area contributed by atoms with Gasteiger partial charge in [0.2, 0.25) is 0 Å². The Morgan fingerprint density at radius 1 is 1.25 bits per heavy atom. The molecule has 98 valence electrons. The van der Waals surface area contributed by atoms with Gasteiger partial charge in [0.1, 0.15) is 0 Å². The van der Waals surface area contributed by atoms with E-state index < -0.39 is 15.5 Å². The summed E-state index contributed by atoms with van der Waals surface area (Å²) in [6, 6.07) is 0. The van der Waals surface area contributed by atoms with Gasteiger partial charge in [-0.3, -0.25) is 0 Å². The second-order valence-corrected chi connectivity index (χ2v) is 5.46. The van der Waals surface area contributed by atoms with E-state index in [1.807, 2.05) is 0 Å². The molecule has 0 atom stereocenters. The highest BCUT2D eigenvalue weighted by atomic mass is 35.5. The number of rotatable bonds is 2. The first-order valence-electron chi connectivity index (χ1n) is 4.55. The SMILES string of the molecule is Cl.NCC1CCN(S(=O)(=O)C(F)(F)F)CC1. The topological polar surface area (TPSA) is 63.4 Å². The molecule has 1 rings (SSSR count). The standard InChI is InChI=1S/C7H13F3N2O2S.ClH/c8-7(9,10)15(13,14)12-3-1-6(5-11)2-4-12;/h6H,1-5,11H2;1H. The predicted octanol–water partition coefficient (Wildman–Crippen LogP) is 0.929. The van der Waals surface area contributed by atoms with Crippen LogP contribution in [0.25, 0.3) is 0 Å². The maximum Gasteiger partial charge on any atom is 0.511 e. The molecular weight excluding hydrogens is 269 g/mol. The molecule has 0 saturated carbocycles. The second-order valence-electron chi connectivity index (χ2n) is 3.53. The van der Waals surface area contributed by atoms with Crippen molar-refractivity contribution in [3.63, 3.8) is 0 Å². The molecule has 1 heterocycles. The third-order valence-electron chi connectivity index (χ3n) is 2.54. The summed E-state index contributed by atoms with van der Waals surface area (Å²) in [5, 5.41) is 0. The van der Waals surface area contributed by atoms with Gasteiger partial charge in [0.25, 0.3) is 0 Å². The van der Waals surface area contributed by atoms with E-state index >= 15 is 0 Å². The van der Waals surface area contributed by atoms with Crippen LogP contribution in [0.5, 0.6) is 0 Å². The Morgan fingerprint density at radius 3 is 2.00 bits per heavy atom. The molecule has 0 radical (unpaired) electrons. The summed E-state index contributed by atoms with van der Waals surface area (Å²) in [5.74, 6) is 0.129. The predicted molar refractivity (Wildman–Crippen MR) is 55.6 cm³/mol. The molecule has 0 aromatic carbocycles. The van der Waals surface area contributed by atoms with Crippen LogP contribution >= 0.6 is 12.4 Å². The number of piperidine rings is 1. The van der Waals surface area contributed by atoms with Gasteiger partial charge in [-0.25, -0.2) is 8.42 Å². The second kappa shape index (κ2) is 5.52. The quantitative estimate of drug-likeness (QED) is 0.819. The lowest BCUT2D eigenvalue weighted by Gasteiger charge is -2.30. The van der Waals surface area contributed by atoms with Gasteiger partial charge in [-0.2, -0.15) is 17.5 Å². The van der Waals surface area contributed by atoms with Gasteiger partial charge in [-0.05, 0) is 25.3 Å². The van der Waals surface area contributed by atoms with Gasteiger partial charge in [-0.1, -0.05) is 0 Å². The van der Waals surface area contributed by atoms with E-state index in [0.29, 0.717) is 23.7 Å². The smallest absolute Gasteiger partial charge is 0.330 e. The molecule has 4 nitrogen and oxygen atoms in total. The lowest BCUT2D eigenvalue weighted by Crippen LogP contribution is -2.45. The summed E-state index contributed by atoms with van der Waals surface area (Å²) < 4.78 is 58.9. The van der Waals surface area contributed by atoms with E-state index in [-0.39, 0.29) is 31.4 Å². The normalized spacial score (nSPS) is 20.5. The van der Waals surface area contributed by atoms with Crippen LogP contribution in [0.1, 0.15) is 12.8 Å². The van der Waals surface area contributed by atoms with Crippen LogP contribution in [0, 0.1) is 5.92 Å². The Kier molecular flexibility index (Phi) is 5.51. The van der Waals surface area contributed by atoms with Crippen molar-refractivity contribution < 1.29 is 21.6 Å². The molecule has 0 aliphatic carbocycles. The van der Waals surface area contributed by atoms with Crippen LogP contribution in [-0.4, -0.2) is 37.9 Å². The van der Waals surface area contributed by atoms with Crippen LogP contribution in [0.3, 0.4) is 0 Å². The summed E-state index contributed by atoms with van der Waals surface area (Å²) in [7, 11) is -5.14. The average molecular weight is 283 g/mol. The molecule has 0 aromatic heterocycles. The molecule has 1 saturated heterocycles. The number of hydrogen-bond donors (Lipinski definition) is 1. The van der Waals surface area contributed by atoms with E-state index in [2.05, 4.69) is 0 Å². The molecule has 9 heteroatoms. The number of nitrogens with zero attached hydrogens (tertiary/aromatic N) is 1. The molecule has 2 N–H and O–H groups in total. The van der Waals surface area contributed by atoms with Crippen molar-refractivity contribution in [1.82, 2.24) is 4.31 Å². The van der Waals surface area contributed by atoms with E-state index in [1.54, 1.807) is 0 Å². The summed E-state index contributed by atoms with van der Waals surface area (Å²) in [6.07, 6.45) is 0.789. The highest BCUT2D eigenvalue weighted by molar-refractivity contribution is 7.90. The molecule has 0 spiro atoms. The van der Waals surface area contributed by atoms with Crippen molar-refractivity contribution in [2.24, 2.45) is 11.7 Å². The lowest BCUT2D eigenvalue weighted by atomic mass is 9.99. The average Bonchev–Trinajstić information content (AvgIpc) is 2.16. The Bertz CT molecular complexity index is 312. The first-order chi connectivity index (χ1) is 6.79. The van der Waals surface area contributed by atoms with Gasteiger partial charge >= 0.3 is 15.5 Å². The molecule has 0 unspecified atom stereocenters. The largest absolute Gasteiger partial charge is 0.511 e. The maximum absolute atomic E-state index is 12.1. The van der Waals surface area contributed by atoms with Crippen molar-refractivity contribution in [2.45, 2.75) is 18.3 Å². The van der Waals surface area contributed by atoms with E-state index in [4.69, 9.17) is 5.73 Å². The van der Waals surface area contributed by atoms with Crippen LogP contribution in [0.2, 0.25) is 0 Å². The van der Waals surface area contributed by atoms with Gasteiger partial charge in [0.05, 0.1) is 0 Å². The zero-order valence-electron chi connectivity index (χ0n) is 8.40. The van der Waals surface area contributed by atoms with E-state index in [0.717, 1.165) is 0 Å². The maximum atomic E-state index is 12.1. The van der Waals surface area contributed by atoms with Gasteiger partial charge in [-0.15, -0.1) is 12.4 Å². The van der Waals surface area contributed by atoms with Crippen molar-refractivity contribution in [2.75, 3.05) is 19.6 Å². The lowest BCUT2D eigenvalue weighted by molar-refractivity contribution is -0.0496. The highest BCUT2D eigenvalue weighted by Gasteiger charge is 2.50. The highest BCUT2D eigenvalue weighted by Crippen LogP contribution is 2.29. The number of nitrogens with two attached hydrogens (primary N) is 1. The molecule has 1 aliphatic heterocycles. The first-order valence-corrected chi connectivity index (χ1v) is 5.99. The fourth-order valence-corrected chi connectivity index (χ4v) is 2.52. The van der Waals surface area contributed by atoms with Gasteiger partial charge < -0.3 is 5.73 Å². The van der Waals surface area contributed by atoms with Crippen LogP contribution in [-0.2, 0) is 10.0 Å². The zero-order valence-corrected chi connectivity index (χ0v) is 10.0. The molecule has 1 aliphatic rings. The summed E-state index contributed by atoms with van der Waals surface area (Å²) >= 11 is 0. The van der Waals surface area contributed by atoms with Crippen LogP contribution < -0.4 is 5.73 Å². The minimum absolute atomic E-state index is 0. The molecular formula is C7H14ClF3N2O2S. The van der Waals surface area contributed by atoms with E-state index in [9.17, 15) is 21.6 Å². The third-order valence-corrected chi connectivity index (χ3v) is 4.17. The number of alkyl halides is 3. The Hall–Kier alpha value is -0.0500. The van der Waals surface area contributed by atoms with Crippen molar-refractivity contribution >= 4 is 22.4 Å². The number of halogens is 4. The Balaban J connectivity index is 0.00000225. The van der Waals surface area contributed by atoms with Crippen molar-refractivity contribution in [3.8, 4) is 0 Å². The summed E-state index contributed by atoms with van der Waals surface area (Å²) in [5.41, 5.74) is 0.161. The third kappa shape index (κ3) is 3.22. The Labute approximate surface area is 98.4 Å². The molecule has 1 fully saturated rings. The van der Waals surface area contributed by atoms with Crippen LogP contribution in [0.4, 0.5) is 13.2 Å². The first kappa shape index (κ1) is 16.0. The molecule has 0 amide bonds. The number of sulfonamides is 1. The fraction of sp³-hybridized carbons (Fsp3) is 1.00. The zero-order chi connectivity index (χ0) is 11.7. The molecule has 0 aromatic rings. The van der Waals surface area contributed by atoms with Crippen LogP contribution in [0.15, 0.2) is 0 Å². The summed E-state index contributed by atoms with van der Waals surface area (Å²) in [4.78, 5) is 0. The van der Waals surface area contributed by atoms with Gasteiger partial charge in [0.15, 0.2) is 0 Å². The number of hydrogen-bond acceptors (Lipinski definition) is 3. The minimum Gasteiger partial charge on any atom is -0.330 e. The van der Waals surface area contributed by atoms with Gasteiger partial charge in [0, 0.05) is 13.1 Å². The summed E-state index contributed by atoms with van der Waals surface area (Å²) in [6.45, 7) is 0.202. The van der Waals surface area contributed by atoms with E-state index in [1.165, 1.54) is 0 Å². The monoisotopic (exact) mass is 282 g/mol.